The molecule has 102 valence electrons. The zero-order valence-electron chi connectivity index (χ0n) is 10.9. The highest BCUT2D eigenvalue weighted by Gasteiger charge is 2.51. The van der Waals surface area contributed by atoms with E-state index in [1.165, 1.54) is 7.11 Å². The van der Waals surface area contributed by atoms with Crippen molar-refractivity contribution in [1.82, 2.24) is 5.32 Å². The van der Waals surface area contributed by atoms with Crippen LogP contribution in [0, 0.1) is 0 Å². The van der Waals surface area contributed by atoms with Crippen LogP contribution in [0.1, 0.15) is 25.3 Å². The summed E-state index contributed by atoms with van der Waals surface area (Å²) in [6, 6.07) is 6.62. The van der Waals surface area contributed by atoms with Crippen LogP contribution in [0.4, 0.5) is 0 Å². The lowest BCUT2D eigenvalue weighted by atomic mass is 9.95. The van der Waals surface area contributed by atoms with Crippen molar-refractivity contribution in [3.05, 3.63) is 34.9 Å². The van der Waals surface area contributed by atoms with Gasteiger partial charge in [0.1, 0.15) is 6.04 Å². The summed E-state index contributed by atoms with van der Waals surface area (Å²) >= 11 is 5.84. The quantitative estimate of drug-likeness (QED) is 0.860. The molecular weight excluding hydrogens is 266 g/mol. The number of hydrogen-bond acceptors (Lipinski definition) is 3. The summed E-state index contributed by atoms with van der Waals surface area (Å²) in [6.45, 7) is 1.61. The molecule has 1 aromatic rings. The molecule has 1 N–H and O–H groups in total. The van der Waals surface area contributed by atoms with Crippen LogP contribution in [0.5, 0.6) is 0 Å². The van der Waals surface area contributed by atoms with Crippen molar-refractivity contribution >= 4 is 23.5 Å². The zero-order chi connectivity index (χ0) is 14.0. The van der Waals surface area contributed by atoms with E-state index in [9.17, 15) is 9.59 Å². The van der Waals surface area contributed by atoms with Crippen molar-refractivity contribution in [3.63, 3.8) is 0 Å². The molecule has 4 nitrogen and oxygen atoms in total. The van der Waals surface area contributed by atoms with Gasteiger partial charge in [0.15, 0.2) is 0 Å². The molecule has 1 atom stereocenters. The Balaban J connectivity index is 2.10. The van der Waals surface area contributed by atoms with E-state index >= 15 is 0 Å². The fraction of sp³-hybridized carbons (Fsp3) is 0.429. The molecule has 1 aromatic carbocycles. The number of nitrogens with one attached hydrogen (secondary N) is 1. The fourth-order valence-corrected chi connectivity index (χ4v) is 2.24. The number of rotatable bonds is 4. The highest BCUT2D eigenvalue weighted by Crippen LogP contribution is 2.48. The summed E-state index contributed by atoms with van der Waals surface area (Å²) in [7, 11) is 1.30. The van der Waals surface area contributed by atoms with Crippen molar-refractivity contribution in [2.75, 3.05) is 7.11 Å². The number of amides is 1. The van der Waals surface area contributed by atoms with E-state index in [1.54, 1.807) is 19.1 Å². The van der Waals surface area contributed by atoms with E-state index in [1.807, 2.05) is 12.1 Å². The van der Waals surface area contributed by atoms with Crippen LogP contribution in [0.2, 0.25) is 5.02 Å². The Morgan fingerprint density at radius 3 is 2.37 bits per heavy atom. The summed E-state index contributed by atoms with van der Waals surface area (Å²) in [6.07, 6.45) is 1.57. The average molecular weight is 282 g/mol. The van der Waals surface area contributed by atoms with Crippen LogP contribution < -0.4 is 5.32 Å². The van der Waals surface area contributed by atoms with Gasteiger partial charge in [-0.3, -0.25) is 4.79 Å². The largest absolute Gasteiger partial charge is 0.467 e. The van der Waals surface area contributed by atoms with Crippen LogP contribution in [-0.2, 0) is 19.7 Å². The maximum absolute atomic E-state index is 12.3. The van der Waals surface area contributed by atoms with Crippen molar-refractivity contribution in [1.29, 1.82) is 0 Å². The van der Waals surface area contributed by atoms with Crippen LogP contribution in [-0.4, -0.2) is 25.0 Å². The molecule has 0 spiro atoms. The van der Waals surface area contributed by atoms with Gasteiger partial charge in [0.25, 0.3) is 0 Å². The molecule has 0 heterocycles. The molecule has 19 heavy (non-hydrogen) atoms. The van der Waals surface area contributed by atoms with Crippen LogP contribution >= 0.6 is 11.6 Å². The molecule has 0 bridgehead atoms. The number of carbonyl (C=O) groups is 2. The van der Waals surface area contributed by atoms with Gasteiger partial charge in [0.2, 0.25) is 5.91 Å². The lowest BCUT2D eigenvalue weighted by Gasteiger charge is -2.18. The monoisotopic (exact) mass is 281 g/mol. The third-order valence-electron chi connectivity index (χ3n) is 3.48. The van der Waals surface area contributed by atoms with Crippen molar-refractivity contribution in [2.24, 2.45) is 0 Å². The second-order valence-electron chi connectivity index (χ2n) is 4.81. The Bertz CT molecular complexity index is 494. The zero-order valence-corrected chi connectivity index (χ0v) is 11.7. The smallest absolute Gasteiger partial charge is 0.328 e. The molecule has 2 rings (SSSR count). The number of ether oxygens (including phenoxy) is 1. The van der Waals surface area contributed by atoms with E-state index in [4.69, 9.17) is 11.6 Å². The third-order valence-corrected chi connectivity index (χ3v) is 3.74. The van der Waals surface area contributed by atoms with Crippen molar-refractivity contribution < 1.29 is 14.3 Å². The number of carbonyl (C=O) groups excluding carboxylic acids is 2. The molecule has 1 fully saturated rings. The molecule has 5 heteroatoms. The van der Waals surface area contributed by atoms with E-state index < -0.39 is 17.4 Å². The second kappa shape index (κ2) is 5.21. The van der Waals surface area contributed by atoms with Gasteiger partial charge in [-0.15, -0.1) is 0 Å². The van der Waals surface area contributed by atoms with Gasteiger partial charge in [-0.2, -0.15) is 0 Å². The molecule has 0 radical (unpaired) electrons. The van der Waals surface area contributed by atoms with Crippen LogP contribution in [0.25, 0.3) is 0 Å². The topological polar surface area (TPSA) is 55.4 Å². The van der Waals surface area contributed by atoms with Gasteiger partial charge in [0, 0.05) is 5.02 Å². The summed E-state index contributed by atoms with van der Waals surface area (Å²) in [4.78, 5) is 23.6. The Kier molecular flexibility index (Phi) is 3.80. The third kappa shape index (κ3) is 2.73. The lowest BCUT2D eigenvalue weighted by Crippen LogP contribution is -2.44. The molecule has 1 amide bonds. The minimum absolute atomic E-state index is 0.132. The van der Waals surface area contributed by atoms with Gasteiger partial charge in [-0.1, -0.05) is 23.7 Å². The van der Waals surface area contributed by atoms with E-state index in [2.05, 4.69) is 10.1 Å². The minimum Gasteiger partial charge on any atom is -0.467 e. The highest BCUT2D eigenvalue weighted by atomic mass is 35.5. The van der Waals surface area contributed by atoms with Gasteiger partial charge in [-0.25, -0.2) is 4.79 Å². The number of benzene rings is 1. The van der Waals surface area contributed by atoms with Gasteiger partial charge in [0.05, 0.1) is 12.5 Å². The Labute approximate surface area is 117 Å². The molecule has 1 aliphatic rings. The normalized spacial score (nSPS) is 17.4. The van der Waals surface area contributed by atoms with Crippen molar-refractivity contribution in [3.8, 4) is 0 Å². The molecule has 0 unspecified atom stereocenters. The average Bonchev–Trinajstić information content (AvgIpc) is 3.20. The molecule has 0 aliphatic heterocycles. The van der Waals surface area contributed by atoms with E-state index in [-0.39, 0.29) is 5.91 Å². The Morgan fingerprint density at radius 2 is 1.89 bits per heavy atom. The van der Waals surface area contributed by atoms with Gasteiger partial charge >= 0.3 is 5.97 Å². The fourth-order valence-electron chi connectivity index (χ4n) is 2.11. The Hall–Kier alpha value is -1.55. The summed E-state index contributed by atoms with van der Waals surface area (Å²) in [5.41, 5.74) is 0.429. The van der Waals surface area contributed by atoms with E-state index in [0.29, 0.717) is 5.02 Å². The number of hydrogen-bond donors (Lipinski definition) is 1. The number of halogens is 1. The lowest BCUT2D eigenvalue weighted by molar-refractivity contribution is -0.144. The van der Waals surface area contributed by atoms with Crippen LogP contribution in [0.3, 0.4) is 0 Å². The minimum atomic E-state index is -0.637. The maximum atomic E-state index is 12.3. The van der Waals surface area contributed by atoms with Gasteiger partial charge < -0.3 is 10.1 Å². The maximum Gasteiger partial charge on any atom is 0.328 e. The van der Waals surface area contributed by atoms with Gasteiger partial charge in [-0.05, 0) is 37.5 Å². The molecular formula is C14H16ClNO3. The first-order chi connectivity index (χ1) is 8.99. The number of esters is 1. The first-order valence-corrected chi connectivity index (χ1v) is 6.52. The summed E-state index contributed by atoms with van der Waals surface area (Å²) in [5, 5.41) is 3.34. The first-order valence-electron chi connectivity index (χ1n) is 6.14. The molecule has 1 saturated carbocycles. The first kappa shape index (κ1) is 13.9. The standard InChI is InChI=1S/C14H16ClNO3/c1-9(12(17)19-2)16-13(18)14(7-8-14)10-3-5-11(15)6-4-10/h3-6,9H,7-8H2,1-2H3,(H,16,18)/t9-/m0/s1. The van der Waals surface area contributed by atoms with Crippen molar-refractivity contribution in [2.45, 2.75) is 31.2 Å². The predicted octanol–water partition coefficient (Wildman–Crippen LogP) is 2.05. The molecule has 1 aliphatic carbocycles. The summed E-state index contributed by atoms with van der Waals surface area (Å²) in [5.74, 6) is -0.576. The summed E-state index contributed by atoms with van der Waals surface area (Å²) < 4.78 is 4.60. The van der Waals surface area contributed by atoms with E-state index in [0.717, 1.165) is 18.4 Å². The highest BCUT2D eigenvalue weighted by molar-refractivity contribution is 6.30. The second-order valence-corrected chi connectivity index (χ2v) is 5.24. The SMILES string of the molecule is COC(=O)[C@H](C)NC(=O)C1(c2ccc(Cl)cc2)CC1. The number of methoxy groups -OCH3 is 1. The Morgan fingerprint density at radius 1 is 1.32 bits per heavy atom. The predicted molar refractivity (Wildman–Crippen MR) is 72.0 cm³/mol. The molecule has 0 saturated heterocycles. The molecule has 0 aromatic heterocycles. The van der Waals surface area contributed by atoms with Crippen LogP contribution in [0.15, 0.2) is 24.3 Å².